The summed E-state index contributed by atoms with van der Waals surface area (Å²) in [6, 6.07) is 1.93. The molecule has 0 spiro atoms. The maximum absolute atomic E-state index is 12.4. The van der Waals surface area contributed by atoms with Crippen LogP contribution in [0.4, 0.5) is 0 Å². The summed E-state index contributed by atoms with van der Waals surface area (Å²) in [5.74, 6) is 1.23. The summed E-state index contributed by atoms with van der Waals surface area (Å²) in [6.07, 6.45) is 3.96. The molecule has 0 radical (unpaired) electrons. The maximum Gasteiger partial charge on any atom is 0.227 e. The first-order valence-corrected chi connectivity index (χ1v) is 9.47. The van der Waals surface area contributed by atoms with Crippen LogP contribution >= 0.6 is 11.3 Å². The normalized spacial score (nSPS) is 17.6. The van der Waals surface area contributed by atoms with Gasteiger partial charge < -0.3 is 15.2 Å². The van der Waals surface area contributed by atoms with Crippen LogP contribution in [0.2, 0.25) is 0 Å². The SMILES string of the molecule is NC(=O)CCC1CCCN(C(=O)CCc2nc(-c3ccsc3)no2)C1. The third-order valence-corrected chi connectivity index (χ3v) is 5.15. The van der Waals surface area contributed by atoms with Crippen LogP contribution in [0.5, 0.6) is 0 Å². The highest BCUT2D eigenvalue weighted by Gasteiger charge is 2.24. The quantitative estimate of drug-likeness (QED) is 0.814. The van der Waals surface area contributed by atoms with Crippen LogP contribution < -0.4 is 5.73 Å². The van der Waals surface area contributed by atoms with Crippen molar-refractivity contribution in [2.75, 3.05) is 13.1 Å². The van der Waals surface area contributed by atoms with Gasteiger partial charge in [0.25, 0.3) is 0 Å². The molecule has 8 heteroatoms. The second-order valence-electron chi connectivity index (χ2n) is 6.38. The van der Waals surface area contributed by atoms with E-state index in [-0.39, 0.29) is 11.8 Å². The van der Waals surface area contributed by atoms with Crippen molar-refractivity contribution in [1.82, 2.24) is 15.0 Å². The first kappa shape index (κ1) is 17.6. The highest BCUT2D eigenvalue weighted by Crippen LogP contribution is 2.22. The minimum atomic E-state index is -0.277. The Labute approximate surface area is 150 Å². The van der Waals surface area contributed by atoms with Gasteiger partial charge in [-0.2, -0.15) is 16.3 Å². The predicted octanol–water partition coefficient (Wildman–Crippen LogP) is 2.23. The zero-order valence-electron chi connectivity index (χ0n) is 14.0. The van der Waals surface area contributed by atoms with E-state index in [2.05, 4.69) is 10.1 Å². The van der Waals surface area contributed by atoms with Gasteiger partial charge in [0.05, 0.1) is 0 Å². The zero-order chi connectivity index (χ0) is 17.6. The lowest BCUT2D eigenvalue weighted by Crippen LogP contribution is -2.40. The Balaban J connectivity index is 1.48. The summed E-state index contributed by atoms with van der Waals surface area (Å²) in [4.78, 5) is 29.6. The topological polar surface area (TPSA) is 102 Å². The Bertz CT molecular complexity index is 713. The molecule has 3 heterocycles. The standard InChI is InChI=1S/C17H22N4O3S/c18-14(22)4-3-12-2-1-8-21(10-12)16(23)6-5-15-19-17(20-24-15)13-7-9-25-11-13/h7,9,11-12H,1-6,8,10H2,(H2,18,22). The number of nitrogens with two attached hydrogens (primary N) is 1. The molecule has 0 aliphatic carbocycles. The number of hydrogen-bond donors (Lipinski definition) is 1. The smallest absolute Gasteiger partial charge is 0.227 e. The number of hydrogen-bond acceptors (Lipinski definition) is 6. The molecule has 2 aromatic heterocycles. The number of carbonyl (C=O) groups is 2. The van der Waals surface area contributed by atoms with Crippen molar-refractivity contribution in [3.05, 3.63) is 22.7 Å². The number of aromatic nitrogens is 2. The van der Waals surface area contributed by atoms with Crippen LogP contribution in [0.3, 0.4) is 0 Å². The van der Waals surface area contributed by atoms with Crippen molar-refractivity contribution < 1.29 is 14.1 Å². The number of thiophene rings is 1. The van der Waals surface area contributed by atoms with Crippen molar-refractivity contribution in [3.8, 4) is 11.4 Å². The molecule has 0 bridgehead atoms. The molecule has 2 amide bonds. The number of piperidine rings is 1. The van der Waals surface area contributed by atoms with Crippen molar-refractivity contribution in [1.29, 1.82) is 0 Å². The molecule has 0 saturated carbocycles. The Morgan fingerprint density at radius 3 is 3.04 bits per heavy atom. The fourth-order valence-corrected chi connectivity index (χ4v) is 3.75. The molecule has 7 nitrogen and oxygen atoms in total. The highest BCUT2D eigenvalue weighted by molar-refractivity contribution is 7.08. The fourth-order valence-electron chi connectivity index (χ4n) is 3.11. The van der Waals surface area contributed by atoms with E-state index in [0.29, 0.717) is 43.4 Å². The van der Waals surface area contributed by atoms with Crippen molar-refractivity contribution in [2.45, 2.75) is 38.5 Å². The van der Waals surface area contributed by atoms with Crippen LogP contribution in [-0.4, -0.2) is 39.9 Å². The first-order chi connectivity index (χ1) is 12.1. The van der Waals surface area contributed by atoms with E-state index in [4.69, 9.17) is 10.3 Å². The number of carbonyl (C=O) groups excluding carboxylic acids is 2. The molecule has 2 N–H and O–H groups in total. The molecular formula is C17H22N4O3S. The van der Waals surface area contributed by atoms with Crippen molar-refractivity contribution in [3.63, 3.8) is 0 Å². The van der Waals surface area contributed by atoms with E-state index < -0.39 is 0 Å². The molecule has 3 rings (SSSR count). The molecule has 1 saturated heterocycles. The van der Waals surface area contributed by atoms with Crippen LogP contribution in [0.25, 0.3) is 11.4 Å². The minimum Gasteiger partial charge on any atom is -0.370 e. The first-order valence-electron chi connectivity index (χ1n) is 8.53. The Morgan fingerprint density at radius 2 is 2.28 bits per heavy atom. The third kappa shape index (κ3) is 4.88. The number of amides is 2. The number of primary amides is 1. The lowest BCUT2D eigenvalue weighted by molar-refractivity contribution is -0.133. The Kier molecular flexibility index (Phi) is 5.80. The van der Waals surface area contributed by atoms with Gasteiger partial charge in [-0.25, -0.2) is 0 Å². The fraction of sp³-hybridized carbons (Fsp3) is 0.529. The van der Waals surface area contributed by atoms with Crippen molar-refractivity contribution >= 4 is 23.2 Å². The zero-order valence-corrected chi connectivity index (χ0v) is 14.8. The second-order valence-corrected chi connectivity index (χ2v) is 7.16. The van der Waals surface area contributed by atoms with E-state index in [9.17, 15) is 9.59 Å². The van der Waals surface area contributed by atoms with E-state index in [1.807, 2.05) is 21.7 Å². The van der Waals surface area contributed by atoms with Crippen LogP contribution in [0.15, 0.2) is 21.3 Å². The number of likely N-dealkylation sites (tertiary alicyclic amines) is 1. The van der Waals surface area contributed by atoms with Gasteiger partial charge >= 0.3 is 0 Å². The van der Waals surface area contributed by atoms with Gasteiger partial charge in [0, 0.05) is 43.3 Å². The summed E-state index contributed by atoms with van der Waals surface area (Å²) in [5, 5.41) is 7.87. The molecule has 2 aromatic rings. The van der Waals surface area contributed by atoms with Crippen LogP contribution in [0.1, 0.15) is 38.0 Å². The summed E-state index contributed by atoms with van der Waals surface area (Å²) in [6.45, 7) is 1.48. The molecule has 1 atom stereocenters. The van der Waals surface area contributed by atoms with Crippen LogP contribution in [0, 0.1) is 5.92 Å². The summed E-state index contributed by atoms with van der Waals surface area (Å²) in [5.41, 5.74) is 6.14. The van der Waals surface area contributed by atoms with Crippen LogP contribution in [-0.2, 0) is 16.0 Å². The number of aryl methyl sites for hydroxylation is 1. The summed E-state index contributed by atoms with van der Waals surface area (Å²) < 4.78 is 5.23. The monoisotopic (exact) mass is 362 g/mol. The molecule has 0 aromatic carbocycles. The summed E-state index contributed by atoms with van der Waals surface area (Å²) in [7, 11) is 0. The molecule has 134 valence electrons. The lowest BCUT2D eigenvalue weighted by atomic mass is 9.93. The largest absolute Gasteiger partial charge is 0.370 e. The van der Waals surface area contributed by atoms with E-state index in [1.165, 1.54) is 0 Å². The Hall–Kier alpha value is -2.22. The molecule has 1 unspecified atom stereocenters. The van der Waals surface area contributed by atoms with Gasteiger partial charge in [-0.15, -0.1) is 0 Å². The van der Waals surface area contributed by atoms with Crippen molar-refractivity contribution in [2.24, 2.45) is 11.7 Å². The van der Waals surface area contributed by atoms with Gasteiger partial charge in [-0.1, -0.05) is 5.16 Å². The lowest BCUT2D eigenvalue weighted by Gasteiger charge is -2.32. The molecule has 25 heavy (non-hydrogen) atoms. The van der Waals surface area contributed by atoms with E-state index in [0.717, 1.165) is 31.4 Å². The Morgan fingerprint density at radius 1 is 1.40 bits per heavy atom. The highest BCUT2D eigenvalue weighted by atomic mass is 32.1. The van der Waals surface area contributed by atoms with Gasteiger partial charge in [0.2, 0.25) is 23.5 Å². The third-order valence-electron chi connectivity index (χ3n) is 4.47. The van der Waals surface area contributed by atoms with Gasteiger partial charge in [-0.3, -0.25) is 9.59 Å². The van der Waals surface area contributed by atoms with Gasteiger partial charge in [0.1, 0.15) is 0 Å². The predicted molar refractivity (Wildman–Crippen MR) is 93.7 cm³/mol. The minimum absolute atomic E-state index is 0.0964. The molecule has 1 aliphatic rings. The van der Waals surface area contributed by atoms with E-state index >= 15 is 0 Å². The molecular weight excluding hydrogens is 340 g/mol. The average molecular weight is 362 g/mol. The molecule has 1 fully saturated rings. The van der Waals surface area contributed by atoms with Gasteiger partial charge in [0.15, 0.2) is 0 Å². The maximum atomic E-state index is 12.4. The average Bonchev–Trinajstić information content (AvgIpc) is 3.29. The van der Waals surface area contributed by atoms with E-state index in [1.54, 1.807) is 11.3 Å². The van der Waals surface area contributed by atoms with Gasteiger partial charge in [-0.05, 0) is 36.6 Å². The summed E-state index contributed by atoms with van der Waals surface area (Å²) >= 11 is 1.58. The second kappa shape index (κ2) is 8.24. The number of rotatable bonds is 7. The number of nitrogens with zero attached hydrogens (tertiary/aromatic N) is 3. The molecule has 1 aliphatic heterocycles.